The van der Waals surface area contributed by atoms with Crippen LogP contribution in [0.4, 0.5) is 5.69 Å². The number of aromatic nitrogens is 3. The second-order valence-corrected chi connectivity index (χ2v) is 8.68. The van der Waals surface area contributed by atoms with Crippen LogP contribution in [-0.2, 0) is 24.2 Å². The first-order valence-electron chi connectivity index (χ1n) is 11.3. The first kappa shape index (κ1) is 19.8. The molecule has 0 unspecified atom stereocenters. The van der Waals surface area contributed by atoms with Gasteiger partial charge in [-0.1, -0.05) is 17.7 Å². The third kappa shape index (κ3) is 3.84. The van der Waals surface area contributed by atoms with Crippen molar-refractivity contribution in [1.82, 2.24) is 19.1 Å². The maximum Gasteiger partial charge on any atom is 0.276 e. The summed E-state index contributed by atoms with van der Waals surface area (Å²) in [6.07, 6.45) is 8.06. The molecule has 162 valence electrons. The Labute approximate surface area is 181 Å². The van der Waals surface area contributed by atoms with Gasteiger partial charge in [0.15, 0.2) is 0 Å². The van der Waals surface area contributed by atoms with Crippen LogP contribution in [0.1, 0.15) is 36.1 Å². The summed E-state index contributed by atoms with van der Waals surface area (Å²) in [7, 11) is 0. The van der Waals surface area contributed by atoms with Gasteiger partial charge in [-0.15, -0.1) is 0 Å². The lowest BCUT2D eigenvalue weighted by atomic mass is 9.97. The Balaban J connectivity index is 1.22. The van der Waals surface area contributed by atoms with Crippen LogP contribution < -0.4 is 10.5 Å². The summed E-state index contributed by atoms with van der Waals surface area (Å²) in [5.74, 6) is 0.117. The molecule has 0 spiro atoms. The first-order valence-corrected chi connectivity index (χ1v) is 11.3. The number of carbonyl (C=O) groups excluding carboxylic acids is 1. The average Bonchev–Trinajstić information content (AvgIpc) is 3.18. The molecule has 1 amide bonds. The van der Waals surface area contributed by atoms with Gasteiger partial charge in [-0.2, -0.15) is 5.10 Å². The molecular formula is C24H29N5O2. The molecule has 1 aliphatic heterocycles. The summed E-state index contributed by atoms with van der Waals surface area (Å²) < 4.78 is 3.40. The summed E-state index contributed by atoms with van der Waals surface area (Å²) >= 11 is 0. The van der Waals surface area contributed by atoms with Gasteiger partial charge in [0.25, 0.3) is 5.56 Å². The molecule has 3 aromatic rings. The number of carbonyl (C=O) groups is 1. The monoisotopic (exact) mass is 419 g/mol. The van der Waals surface area contributed by atoms with Crippen molar-refractivity contribution in [3.63, 3.8) is 0 Å². The van der Waals surface area contributed by atoms with Crippen LogP contribution in [0, 0.1) is 6.92 Å². The van der Waals surface area contributed by atoms with Crippen molar-refractivity contribution < 1.29 is 4.79 Å². The molecule has 0 saturated carbocycles. The van der Waals surface area contributed by atoms with E-state index in [9.17, 15) is 9.59 Å². The van der Waals surface area contributed by atoms with Crippen molar-refractivity contribution in [2.45, 2.75) is 45.6 Å². The zero-order chi connectivity index (χ0) is 21.4. The topological polar surface area (TPSA) is 62.9 Å². The van der Waals surface area contributed by atoms with Crippen molar-refractivity contribution in [3.8, 4) is 0 Å². The molecule has 7 heteroatoms. The molecule has 3 heterocycles. The minimum Gasteiger partial charge on any atom is -0.368 e. The predicted molar refractivity (Wildman–Crippen MR) is 121 cm³/mol. The van der Waals surface area contributed by atoms with Crippen LogP contribution in [0.2, 0.25) is 0 Å². The smallest absolute Gasteiger partial charge is 0.276 e. The van der Waals surface area contributed by atoms with Crippen LogP contribution in [0.3, 0.4) is 0 Å². The van der Waals surface area contributed by atoms with Crippen LogP contribution in [0.15, 0.2) is 41.5 Å². The number of rotatable bonds is 4. The van der Waals surface area contributed by atoms with Gasteiger partial charge in [-0.3, -0.25) is 9.59 Å². The van der Waals surface area contributed by atoms with Crippen LogP contribution >= 0.6 is 0 Å². The second kappa shape index (κ2) is 8.21. The fourth-order valence-corrected chi connectivity index (χ4v) is 4.78. The van der Waals surface area contributed by atoms with Gasteiger partial charge in [-0.05, 0) is 44.7 Å². The van der Waals surface area contributed by atoms with E-state index in [-0.39, 0.29) is 11.5 Å². The van der Waals surface area contributed by atoms with E-state index in [0.29, 0.717) is 18.5 Å². The zero-order valence-electron chi connectivity index (χ0n) is 18.1. The highest BCUT2D eigenvalue weighted by atomic mass is 16.2. The van der Waals surface area contributed by atoms with E-state index in [1.165, 1.54) is 11.3 Å². The molecule has 0 atom stereocenters. The fraction of sp³-hybridized carbons (Fsp3) is 0.458. The third-order valence-corrected chi connectivity index (χ3v) is 6.63. The normalized spacial score (nSPS) is 16.5. The van der Waals surface area contributed by atoms with E-state index in [0.717, 1.165) is 63.1 Å². The third-order valence-electron chi connectivity index (χ3n) is 6.63. The maximum atomic E-state index is 13.0. The molecule has 31 heavy (non-hydrogen) atoms. The maximum absolute atomic E-state index is 13.0. The summed E-state index contributed by atoms with van der Waals surface area (Å²) in [6.45, 7) is 5.61. The second-order valence-electron chi connectivity index (χ2n) is 8.68. The van der Waals surface area contributed by atoms with Gasteiger partial charge in [0.2, 0.25) is 5.91 Å². The Kier molecular flexibility index (Phi) is 5.26. The SMILES string of the molecule is Cc1ccc(N2CCN(C(=O)CCn3ccn4nc5c(c4c3=O)CCCC5)CC2)cc1. The van der Waals surface area contributed by atoms with E-state index < -0.39 is 0 Å². The number of amides is 1. The van der Waals surface area contributed by atoms with Crippen LogP contribution in [0.5, 0.6) is 0 Å². The molecule has 1 fully saturated rings. The van der Waals surface area contributed by atoms with E-state index in [1.807, 2.05) is 11.1 Å². The van der Waals surface area contributed by atoms with Gasteiger partial charge in [0.1, 0.15) is 5.52 Å². The lowest BCUT2D eigenvalue weighted by Gasteiger charge is -2.36. The van der Waals surface area contributed by atoms with Gasteiger partial charge in [0.05, 0.1) is 5.69 Å². The number of aryl methyl sites for hydroxylation is 4. The Morgan fingerprint density at radius 3 is 2.52 bits per heavy atom. The van der Waals surface area contributed by atoms with E-state index in [1.54, 1.807) is 15.3 Å². The quantitative estimate of drug-likeness (QED) is 0.652. The van der Waals surface area contributed by atoms with Crippen molar-refractivity contribution in [2.24, 2.45) is 0 Å². The van der Waals surface area contributed by atoms with Crippen molar-refractivity contribution in [1.29, 1.82) is 0 Å². The van der Waals surface area contributed by atoms with E-state index >= 15 is 0 Å². The molecule has 2 aromatic heterocycles. The number of anilines is 1. The molecule has 2 aliphatic rings. The van der Waals surface area contributed by atoms with Gasteiger partial charge >= 0.3 is 0 Å². The fourth-order valence-electron chi connectivity index (χ4n) is 4.78. The van der Waals surface area contributed by atoms with Gasteiger partial charge < -0.3 is 14.4 Å². The lowest BCUT2D eigenvalue weighted by Crippen LogP contribution is -2.49. The molecule has 1 saturated heterocycles. The Morgan fingerprint density at radius 1 is 1.00 bits per heavy atom. The Hall–Kier alpha value is -3.09. The molecule has 1 aromatic carbocycles. The number of hydrogen-bond acceptors (Lipinski definition) is 4. The summed E-state index contributed by atoms with van der Waals surface area (Å²) in [5, 5.41) is 4.58. The Bertz CT molecular complexity index is 1150. The molecule has 0 bridgehead atoms. The standard InChI is InChI=1S/C24H29N5O2/c1-18-6-8-19(9-7-18)26-12-14-27(15-13-26)22(30)10-11-28-16-17-29-23(24(28)31)20-4-2-3-5-21(20)25-29/h6-9,16-17H,2-5,10-15H2,1H3. The molecule has 0 N–H and O–H groups in total. The average molecular weight is 420 g/mol. The largest absolute Gasteiger partial charge is 0.368 e. The number of fused-ring (bicyclic) bond motifs is 3. The number of hydrogen-bond donors (Lipinski definition) is 0. The van der Waals surface area contributed by atoms with Crippen molar-refractivity contribution in [2.75, 3.05) is 31.1 Å². The predicted octanol–water partition coefficient (Wildman–Crippen LogP) is 2.42. The summed E-state index contributed by atoms with van der Waals surface area (Å²) in [5.41, 5.74) is 5.28. The van der Waals surface area contributed by atoms with E-state index in [4.69, 9.17) is 0 Å². The summed E-state index contributed by atoms with van der Waals surface area (Å²) in [6, 6.07) is 8.53. The molecular weight excluding hydrogens is 390 g/mol. The number of nitrogens with zero attached hydrogens (tertiary/aromatic N) is 5. The van der Waals surface area contributed by atoms with Crippen molar-refractivity contribution >= 4 is 17.1 Å². The van der Waals surface area contributed by atoms with Gasteiger partial charge in [0, 0.05) is 62.8 Å². The van der Waals surface area contributed by atoms with Gasteiger partial charge in [-0.25, -0.2) is 4.52 Å². The molecule has 7 nitrogen and oxygen atoms in total. The first-order chi connectivity index (χ1) is 15.1. The van der Waals surface area contributed by atoms with E-state index in [2.05, 4.69) is 41.2 Å². The minimum absolute atomic E-state index is 0.0323. The lowest BCUT2D eigenvalue weighted by molar-refractivity contribution is -0.131. The van der Waals surface area contributed by atoms with Crippen LogP contribution in [-0.4, -0.2) is 51.2 Å². The highest BCUT2D eigenvalue weighted by Gasteiger charge is 2.22. The van der Waals surface area contributed by atoms with Crippen LogP contribution in [0.25, 0.3) is 5.52 Å². The Morgan fingerprint density at radius 2 is 1.74 bits per heavy atom. The summed E-state index contributed by atoms with van der Waals surface area (Å²) in [4.78, 5) is 30.1. The highest BCUT2D eigenvalue weighted by Crippen LogP contribution is 2.22. The molecule has 1 aliphatic carbocycles. The highest BCUT2D eigenvalue weighted by molar-refractivity contribution is 5.76. The van der Waals surface area contributed by atoms with Crippen molar-refractivity contribution in [3.05, 3.63) is 63.8 Å². The number of piperazine rings is 1. The zero-order valence-corrected chi connectivity index (χ0v) is 18.1. The minimum atomic E-state index is -0.0323. The number of benzene rings is 1. The molecule has 0 radical (unpaired) electrons. The molecule has 5 rings (SSSR count).